The number of hydrogen-bond acceptors (Lipinski definition) is 3. The molecule has 4 nitrogen and oxygen atoms in total. The van der Waals surface area contributed by atoms with Gasteiger partial charge in [0.25, 0.3) is 0 Å². The molecule has 2 heterocycles. The van der Waals surface area contributed by atoms with Crippen LogP contribution < -0.4 is 0 Å². The molecule has 0 fully saturated rings. The molecular formula is C9H10N4S. The SMILES string of the molecule is CCn1cc(-c2c[nH]c(=S)cn2)cn1. The fourth-order valence-corrected chi connectivity index (χ4v) is 1.28. The van der Waals surface area contributed by atoms with Crippen LogP contribution in [0.2, 0.25) is 0 Å². The highest BCUT2D eigenvalue weighted by Crippen LogP contribution is 2.13. The average Bonchev–Trinajstić information content (AvgIpc) is 2.67. The van der Waals surface area contributed by atoms with Crippen molar-refractivity contribution in [3.05, 3.63) is 29.4 Å². The van der Waals surface area contributed by atoms with E-state index in [1.54, 1.807) is 18.6 Å². The van der Waals surface area contributed by atoms with Crippen LogP contribution in [0.25, 0.3) is 11.3 Å². The van der Waals surface area contributed by atoms with Crippen molar-refractivity contribution in [2.24, 2.45) is 0 Å². The average molecular weight is 206 g/mol. The van der Waals surface area contributed by atoms with Crippen LogP contribution >= 0.6 is 12.2 Å². The van der Waals surface area contributed by atoms with Gasteiger partial charge in [-0.05, 0) is 6.92 Å². The molecule has 0 aliphatic heterocycles. The summed E-state index contributed by atoms with van der Waals surface area (Å²) in [5, 5.41) is 4.17. The zero-order valence-corrected chi connectivity index (χ0v) is 8.58. The summed E-state index contributed by atoms with van der Waals surface area (Å²) in [7, 11) is 0. The highest BCUT2D eigenvalue weighted by Gasteiger charge is 2.00. The van der Waals surface area contributed by atoms with Crippen LogP contribution in [0.5, 0.6) is 0 Å². The molecule has 0 amide bonds. The maximum Gasteiger partial charge on any atom is 0.121 e. The lowest BCUT2D eigenvalue weighted by Crippen LogP contribution is -1.92. The first-order chi connectivity index (χ1) is 6.79. The first-order valence-electron chi connectivity index (χ1n) is 4.37. The van der Waals surface area contributed by atoms with E-state index in [-0.39, 0.29) is 0 Å². The number of hydrogen-bond donors (Lipinski definition) is 1. The standard InChI is InChI=1S/C9H10N4S/c1-2-13-6-7(3-12-13)8-4-11-9(14)5-10-8/h3-6H,2H2,1H3,(H,11,14). The summed E-state index contributed by atoms with van der Waals surface area (Å²) in [5.41, 5.74) is 1.86. The Hall–Kier alpha value is -1.49. The summed E-state index contributed by atoms with van der Waals surface area (Å²) in [5.74, 6) is 0. The highest BCUT2D eigenvalue weighted by atomic mass is 32.1. The molecule has 5 heteroatoms. The van der Waals surface area contributed by atoms with Crippen molar-refractivity contribution in [2.75, 3.05) is 0 Å². The van der Waals surface area contributed by atoms with Crippen molar-refractivity contribution in [2.45, 2.75) is 13.5 Å². The van der Waals surface area contributed by atoms with E-state index in [0.29, 0.717) is 4.64 Å². The van der Waals surface area contributed by atoms with E-state index >= 15 is 0 Å². The lowest BCUT2D eigenvalue weighted by Gasteiger charge is -1.94. The van der Waals surface area contributed by atoms with Gasteiger partial charge in [0.15, 0.2) is 0 Å². The van der Waals surface area contributed by atoms with Crippen LogP contribution in [0.3, 0.4) is 0 Å². The van der Waals surface area contributed by atoms with Crippen LogP contribution in [-0.2, 0) is 6.54 Å². The molecule has 0 unspecified atom stereocenters. The number of nitrogens with one attached hydrogen (secondary N) is 1. The molecule has 0 spiro atoms. The summed E-state index contributed by atoms with van der Waals surface area (Å²) in [4.78, 5) is 7.15. The molecule has 0 aliphatic rings. The van der Waals surface area contributed by atoms with Crippen LogP contribution in [0.4, 0.5) is 0 Å². The maximum absolute atomic E-state index is 4.91. The molecule has 0 saturated heterocycles. The molecule has 2 aromatic rings. The first kappa shape index (κ1) is 9.08. The zero-order chi connectivity index (χ0) is 9.97. The molecule has 0 saturated carbocycles. The fourth-order valence-electron chi connectivity index (χ4n) is 1.17. The van der Waals surface area contributed by atoms with Gasteiger partial charge in [-0.1, -0.05) is 12.2 Å². The van der Waals surface area contributed by atoms with Gasteiger partial charge in [0, 0.05) is 24.5 Å². The number of aryl methyl sites for hydroxylation is 1. The monoisotopic (exact) mass is 206 g/mol. The molecule has 2 aromatic heterocycles. The van der Waals surface area contributed by atoms with Gasteiger partial charge in [-0.2, -0.15) is 5.10 Å². The maximum atomic E-state index is 4.91. The summed E-state index contributed by atoms with van der Waals surface area (Å²) >= 11 is 4.91. The predicted octanol–water partition coefficient (Wildman–Crippen LogP) is 2.02. The van der Waals surface area contributed by atoms with Crippen molar-refractivity contribution in [1.29, 1.82) is 0 Å². The summed E-state index contributed by atoms with van der Waals surface area (Å²) in [6.45, 7) is 2.91. The Morgan fingerprint density at radius 3 is 2.93 bits per heavy atom. The zero-order valence-electron chi connectivity index (χ0n) is 7.77. The molecule has 72 valence electrons. The first-order valence-corrected chi connectivity index (χ1v) is 4.78. The number of H-pyrrole nitrogens is 1. The Kier molecular flexibility index (Phi) is 2.41. The predicted molar refractivity (Wildman–Crippen MR) is 56.3 cm³/mol. The summed E-state index contributed by atoms with van der Waals surface area (Å²) in [6, 6.07) is 0. The van der Waals surface area contributed by atoms with Crippen LogP contribution in [0.1, 0.15) is 6.92 Å². The van der Waals surface area contributed by atoms with Gasteiger partial charge in [0.1, 0.15) is 4.64 Å². The van der Waals surface area contributed by atoms with Crippen molar-refractivity contribution in [1.82, 2.24) is 19.7 Å². The number of aromatic nitrogens is 4. The van der Waals surface area contributed by atoms with Crippen molar-refractivity contribution >= 4 is 12.2 Å². The van der Waals surface area contributed by atoms with E-state index in [9.17, 15) is 0 Å². The van der Waals surface area contributed by atoms with Gasteiger partial charge < -0.3 is 4.98 Å². The van der Waals surface area contributed by atoms with Gasteiger partial charge in [-0.15, -0.1) is 0 Å². The summed E-state index contributed by atoms with van der Waals surface area (Å²) < 4.78 is 2.50. The minimum Gasteiger partial charge on any atom is -0.350 e. The second-order valence-electron chi connectivity index (χ2n) is 2.88. The number of rotatable bonds is 2. The van der Waals surface area contributed by atoms with Gasteiger partial charge in [0.05, 0.1) is 18.1 Å². The van der Waals surface area contributed by atoms with Crippen LogP contribution in [0, 0.1) is 4.64 Å². The van der Waals surface area contributed by atoms with E-state index in [4.69, 9.17) is 12.2 Å². The van der Waals surface area contributed by atoms with E-state index in [2.05, 4.69) is 15.1 Å². The van der Waals surface area contributed by atoms with Crippen molar-refractivity contribution in [3.63, 3.8) is 0 Å². The second kappa shape index (κ2) is 3.71. The Labute approximate surface area is 86.6 Å². The Balaban J connectivity index is 2.39. The van der Waals surface area contributed by atoms with Gasteiger partial charge in [-0.3, -0.25) is 9.67 Å². The third kappa shape index (κ3) is 1.72. The lowest BCUT2D eigenvalue weighted by molar-refractivity contribution is 0.660. The van der Waals surface area contributed by atoms with E-state index in [1.807, 2.05) is 17.8 Å². The molecule has 0 atom stereocenters. The molecule has 14 heavy (non-hydrogen) atoms. The minimum atomic E-state index is 0.636. The fraction of sp³-hybridized carbons (Fsp3) is 0.222. The van der Waals surface area contributed by atoms with Crippen LogP contribution in [0.15, 0.2) is 24.8 Å². The largest absolute Gasteiger partial charge is 0.350 e. The smallest absolute Gasteiger partial charge is 0.121 e. The summed E-state index contributed by atoms with van der Waals surface area (Å²) in [6.07, 6.45) is 7.18. The normalized spacial score (nSPS) is 10.4. The Morgan fingerprint density at radius 2 is 2.36 bits per heavy atom. The third-order valence-corrected chi connectivity index (χ3v) is 2.15. The van der Waals surface area contributed by atoms with Gasteiger partial charge in [0.2, 0.25) is 0 Å². The molecular weight excluding hydrogens is 196 g/mol. The van der Waals surface area contributed by atoms with Crippen molar-refractivity contribution in [3.8, 4) is 11.3 Å². The van der Waals surface area contributed by atoms with Gasteiger partial charge in [-0.25, -0.2) is 0 Å². The third-order valence-electron chi connectivity index (χ3n) is 1.93. The Bertz CT molecular complexity index is 465. The molecule has 0 radical (unpaired) electrons. The van der Waals surface area contributed by atoms with Gasteiger partial charge >= 0.3 is 0 Å². The van der Waals surface area contributed by atoms with Crippen LogP contribution in [-0.4, -0.2) is 19.7 Å². The second-order valence-corrected chi connectivity index (χ2v) is 3.32. The lowest BCUT2D eigenvalue weighted by atomic mass is 10.3. The number of nitrogens with zero attached hydrogens (tertiary/aromatic N) is 3. The molecule has 1 N–H and O–H groups in total. The molecule has 0 aromatic carbocycles. The number of aromatic amines is 1. The topological polar surface area (TPSA) is 46.5 Å². The molecule has 0 bridgehead atoms. The molecule has 2 rings (SSSR count). The van der Waals surface area contributed by atoms with Crippen molar-refractivity contribution < 1.29 is 0 Å². The van der Waals surface area contributed by atoms with E-state index in [0.717, 1.165) is 17.8 Å². The quantitative estimate of drug-likeness (QED) is 0.765. The van der Waals surface area contributed by atoms with E-state index in [1.165, 1.54) is 0 Å². The Morgan fingerprint density at radius 1 is 1.50 bits per heavy atom. The highest BCUT2D eigenvalue weighted by molar-refractivity contribution is 7.71. The molecule has 0 aliphatic carbocycles. The minimum absolute atomic E-state index is 0.636. The van der Waals surface area contributed by atoms with E-state index < -0.39 is 0 Å².